The fourth-order valence-corrected chi connectivity index (χ4v) is 7.89. The van der Waals surface area contributed by atoms with E-state index in [1.165, 1.54) is 13.0 Å². The molecule has 4 aliphatic rings. The van der Waals surface area contributed by atoms with Gasteiger partial charge in [0.2, 0.25) is 5.91 Å². The van der Waals surface area contributed by atoms with E-state index in [-0.39, 0.29) is 41.0 Å². The molecule has 5 atom stereocenters. The van der Waals surface area contributed by atoms with Crippen molar-refractivity contribution in [1.29, 1.82) is 0 Å². The third kappa shape index (κ3) is 3.97. The molecule has 1 spiro atoms. The molecule has 1 saturated heterocycles. The molecular weight excluding hydrogens is 492 g/mol. The predicted octanol–water partition coefficient (Wildman–Crippen LogP) is 4.39. The SMILES string of the molecule is C=CCN1CC[C@]23c4c5c(O)cc(OC(C)=O)c4O[C@H]2[C@@H](N(C)C(=O)C=Cc2cccc(C)c2)CC[C@H]3[C@H]1C5. The standard InChI is InChI=1S/C32H36N2O5/c1-5-14-34-15-13-32-23-10-11-24(33(4)28(37)12-9-21-8-6-7-19(2)16-21)31(32)39-30-27(38-20(3)35)18-26(36)22(29(30)32)17-25(23)34/h5-9,12,16,18,23-25,31,36H,1,10-11,13-15,17H2,2-4H3/t23-,24-,25+,31-,32-/m0/s1. The number of carbonyl (C=O) groups excluding carboxylic acids is 2. The number of phenolic OH excluding ortho intramolecular Hbond substituents is 1. The molecule has 2 fully saturated rings. The van der Waals surface area contributed by atoms with Crippen LogP contribution in [0.3, 0.4) is 0 Å². The van der Waals surface area contributed by atoms with Crippen molar-refractivity contribution in [3.63, 3.8) is 0 Å². The minimum atomic E-state index is -0.460. The fourth-order valence-electron chi connectivity index (χ4n) is 7.89. The van der Waals surface area contributed by atoms with Crippen molar-refractivity contribution in [2.45, 2.75) is 63.1 Å². The van der Waals surface area contributed by atoms with Gasteiger partial charge in [-0.25, -0.2) is 0 Å². The molecule has 6 rings (SSSR count). The van der Waals surface area contributed by atoms with Crippen LogP contribution < -0.4 is 9.47 Å². The first-order valence-corrected chi connectivity index (χ1v) is 13.9. The molecule has 2 aliphatic carbocycles. The van der Waals surface area contributed by atoms with Crippen molar-refractivity contribution in [2.75, 3.05) is 20.1 Å². The van der Waals surface area contributed by atoms with Gasteiger partial charge in [0.05, 0.1) is 6.04 Å². The van der Waals surface area contributed by atoms with Crippen LogP contribution in [0.5, 0.6) is 17.2 Å². The second-order valence-electron chi connectivity index (χ2n) is 11.5. The lowest BCUT2D eigenvalue weighted by Crippen LogP contribution is -2.68. The molecule has 2 heterocycles. The number of aromatic hydroxyl groups is 1. The fraction of sp³-hybridized carbons (Fsp3) is 0.438. The van der Waals surface area contributed by atoms with Crippen molar-refractivity contribution in [1.82, 2.24) is 9.80 Å². The van der Waals surface area contributed by atoms with Crippen molar-refractivity contribution in [2.24, 2.45) is 5.92 Å². The lowest BCUT2D eigenvalue weighted by atomic mass is 9.51. The van der Waals surface area contributed by atoms with Crippen LogP contribution in [0.15, 0.2) is 49.1 Å². The predicted molar refractivity (Wildman–Crippen MR) is 149 cm³/mol. The van der Waals surface area contributed by atoms with E-state index in [1.54, 1.807) is 6.08 Å². The van der Waals surface area contributed by atoms with Gasteiger partial charge in [-0.15, -0.1) is 6.58 Å². The average Bonchev–Trinajstić information content (AvgIpc) is 3.24. The Morgan fingerprint density at radius 3 is 2.87 bits per heavy atom. The van der Waals surface area contributed by atoms with Gasteiger partial charge in [0.15, 0.2) is 11.5 Å². The van der Waals surface area contributed by atoms with Gasteiger partial charge in [0.25, 0.3) is 0 Å². The Morgan fingerprint density at radius 1 is 1.31 bits per heavy atom. The number of carbonyl (C=O) groups is 2. The highest BCUT2D eigenvalue weighted by atomic mass is 16.6. The lowest BCUT2D eigenvalue weighted by Gasteiger charge is -2.60. The van der Waals surface area contributed by atoms with Gasteiger partial charge in [-0.05, 0) is 56.7 Å². The van der Waals surface area contributed by atoms with E-state index >= 15 is 0 Å². The van der Waals surface area contributed by atoms with Crippen molar-refractivity contribution in [3.8, 4) is 17.2 Å². The summed E-state index contributed by atoms with van der Waals surface area (Å²) in [7, 11) is 1.86. The monoisotopic (exact) mass is 528 g/mol. The molecule has 1 N–H and O–H groups in total. The lowest BCUT2D eigenvalue weighted by molar-refractivity contribution is -0.135. The number of rotatable bonds is 6. The number of aryl methyl sites for hydroxylation is 1. The number of nitrogens with zero attached hydrogens (tertiary/aromatic N) is 2. The molecule has 2 aliphatic heterocycles. The van der Waals surface area contributed by atoms with E-state index in [0.717, 1.165) is 54.6 Å². The normalized spacial score (nSPS) is 28.5. The van der Waals surface area contributed by atoms with E-state index in [9.17, 15) is 14.7 Å². The summed E-state index contributed by atoms with van der Waals surface area (Å²) in [5.41, 5.74) is 3.64. The Balaban J connectivity index is 1.40. The van der Waals surface area contributed by atoms with Crippen molar-refractivity contribution >= 4 is 18.0 Å². The number of hydrogen-bond donors (Lipinski definition) is 1. The number of likely N-dealkylation sites (tertiary alicyclic amines) is 1. The molecule has 0 aromatic heterocycles. The topological polar surface area (TPSA) is 79.3 Å². The zero-order chi connectivity index (χ0) is 27.5. The van der Waals surface area contributed by atoms with E-state index < -0.39 is 5.97 Å². The first-order chi connectivity index (χ1) is 18.7. The Labute approximate surface area is 229 Å². The second kappa shape index (κ2) is 9.56. The minimum absolute atomic E-state index is 0.0735. The third-order valence-corrected chi connectivity index (χ3v) is 9.41. The number of likely N-dealkylation sites (N-methyl/N-ethyl adjacent to an activating group) is 1. The van der Waals surface area contributed by atoms with Gasteiger partial charge < -0.3 is 19.5 Å². The number of amides is 1. The number of esters is 1. The van der Waals surface area contributed by atoms with Gasteiger partial charge >= 0.3 is 5.97 Å². The summed E-state index contributed by atoms with van der Waals surface area (Å²) in [5.74, 6) is 0.741. The molecule has 1 amide bonds. The third-order valence-electron chi connectivity index (χ3n) is 9.41. The molecule has 2 aromatic rings. The smallest absolute Gasteiger partial charge is 0.308 e. The first kappa shape index (κ1) is 25.7. The number of hydrogen-bond acceptors (Lipinski definition) is 6. The number of benzene rings is 2. The van der Waals surface area contributed by atoms with Gasteiger partial charge in [0, 0.05) is 55.2 Å². The summed E-state index contributed by atoms with van der Waals surface area (Å²) in [6.07, 6.45) is 8.46. The minimum Gasteiger partial charge on any atom is -0.508 e. The molecule has 0 radical (unpaired) electrons. The van der Waals surface area contributed by atoms with Crippen LogP contribution in [0.4, 0.5) is 0 Å². The molecular formula is C32H36N2O5. The quantitative estimate of drug-likeness (QED) is 0.259. The zero-order valence-corrected chi connectivity index (χ0v) is 22.9. The highest BCUT2D eigenvalue weighted by Crippen LogP contribution is 2.65. The highest BCUT2D eigenvalue weighted by molar-refractivity contribution is 5.92. The van der Waals surface area contributed by atoms with Crippen LogP contribution in [0.1, 0.15) is 48.4 Å². The van der Waals surface area contributed by atoms with Crippen LogP contribution in [0.2, 0.25) is 0 Å². The molecule has 7 nitrogen and oxygen atoms in total. The van der Waals surface area contributed by atoms with Crippen LogP contribution in [0, 0.1) is 12.8 Å². The van der Waals surface area contributed by atoms with Gasteiger partial charge in [-0.1, -0.05) is 35.9 Å². The van der Waals surface area contributed by atoms with E-state index in [0.29, 0.717) is 18.1 Å². The largest absolute Gasteiger partial charge is 0.508 e. The zero-order valence-electron chi connectivity index (χ0n) is 22.9. The summed E-state index contributed by atoms with van der Waals surface area (Å²) in [4.78, 5) is 29.7. The van der Waals surface area contributed by atoms with E-state index in [4.69, 9.17) is 9.47 Å². The Morgan fingerprint density at radius 2 is 2.13 bits per heavy atom. The molecule has 0 unspecified atom stereocenters. The molecule has 7 heteroatoms. The average molecular weight is 529 g/mol. The first-order valence-electron chi connectivity index (χ1n) is 13.9. The Bertz CT molecular complexity index is 1380. The summed E-state index contributed by atoms with van der Waals surface area (Å²) in [6.45, 7) is 9.03. The maximum atomic E-state index is 13.5. The van der Waals surface area contributed by atoms with Crippen molar-refractivity contribution in [3.05, 3.63) is 71.3 Å². The van der Waals surface area contributed by atoms with Gasteiger partial charge in [-0.2, -0.15) is 0 Å². The highest BCUT2D eigenvalue weighted by Gasteiger charge is 2.67. The molecule has 39 heavy (non-hydrogen) atoms. The Kier molecular flexibility index (Phi) is 6.29. The molecule has 2 aromatic carbocycles. The van der Waals surface area contributed by atoms with E-state index in [1.807, 2.05) is 49.2 Å². The molecule has 2 bridgehead atoms. The summed E-state index contributed by atoms with van der Waals surface area (Å²) < 4.78 is 12.3. The van der Waals surface area contributed by atoms with Crippen molar-refractivity contribution < 1.29 is 24.2 Å². The summed E-state index contributed by atoms with van der Waals surface area (Å²) in [5, 5.41) is 11.2. The number of phenols is 1. The second-order valence-corrected chi connectivity index (χ2v) is 11.5. The maximum Gasteiger partial charge on any atom is 0.308 e. The molecule has 204 valence electrons. The van der Waals surface area contributed by atoms with Crippen LogP contribution in [-0.4, -0.2) is 65.1 Å². The maximum absolute atomic E-state index is 13.5. The summed E-state index contributed by atoms with van der Waals surface area (Å²) >= 11 is 0. The van der Waals surface area contributed by atoms with E-state index in [2.05, 4.69) is 17.5 Å². The van der Waals surface area contributed by atoms with Gasteiger partial charge in [-0.3, -0.25) is 14.5 Å². The van der Waals surface area contributed by atoms with Crippen LogP contribution in [0.25, 0.3) is 6.08 Å². The van der Waals surface area contributed by atoms with Crippen LogP contribution in [-0.2, 0) is 21.4 Å². The summed E-state index contributed by atoms with van der Waals surface area (Å²) in [6, 6.07) is 9.66. The van der Waals surface area contributed by atoms with Gasteiger partial charge in [0.1, 0.15) is 11.9 Å². The number of ether oxygens (including phenoxy) is 2. The molecule has 1 saturated carbocycles. The Hall–Kier alpha value is -3.58. The number of piperidine rings is 1. The van der Waals surface area contributed by atoms with Crippen LogP contribution >= 0.6 is 0 Å².